The molecule has 0 aromatic rings. The van der Waals surface area contributed by atoms with Crippen molar-refractivity contribution < 1.29 is 9.47 Å². The fourth-order valence-corrected chi connectivity index (χ4v) is 9.33. The Morgan fingerprint density at radius 1 is 0.375 bits per heavy atom. The first-order valence-corrected chi connectivity index (χ1v) is 18.3. The summed E-state index contributed by atoms with van der Waals surface area (Å²) in [7, 11) is 0. The monoisotopic (exact) mass is 560 g/mol. The smallest absolute Gasteiger partial charge is 0.0728 e. The Labute approximate surface area is 247 Å². The Hall–Kier alpha value is -0.200. The van der Waals surface area contributed by atoms with Crippen molar-refractivity contribution >= 4 is 0 Å². The number of fused-ring (bicyclic) bond motifs is 4. The van der Waals surface area contributed by atoms with Gasteiger partial charge in [0.25, 0.3) is 0 Å². The number of rotatable bonds is 0. The van der Waals surface area contributed by atoms with Gasteiger partial charge in [-0.15, -0.1) is 0 Å². The van der Waals surface area contributed by atoms with Gasteiger partial charge in [0.1, 0.15) is 0 Å². The van der Waals surface area contributed by atoms with E-state index in [2.05, 4.69) is 16.0 Å². The molecule has 0 spiro atoms. The molecule has 0 aromatic carbocycles. The van der Waals surface area contributed by atoms with Crippen LogP contribution in [0.4, 0.5) is 0 Å². The summed E-state index contributed by atoms with van der Waals surface area (Å²) in [6.07, 6.45) is 31.6. The molecule has 8 rings (SSSR count). The molecule has 6 unspecified atom stereocenters. The van der Waals surface area contributed by atoms with Gasteiger partial charge in [0.05, 0.1) is 25.4 Å². The molecule has 3 saturated heterocycles. The molecule has 8 fully saturated rings. The van der Waals surface area contributed by atoms with Crippen LogP contribution >= 0.6 is 0 Å². The zero-order valence-corrected chi connectivity index (χ0v) is 26.0. The summed E-state index contributed by atoms with van der Waals surface area (Å²) in [4.78, 5) is 0. The SMILES string of the molecule is C1CCC2CCCCC2C1.C1CCC2CNCCC2C1.C1CCC2OCCNC2C1.C1CCC2OCCNC2C1. The lowest BCUT2D eigenvalue weighted by molar-refractivity contribution is -0.0235. The van der Waals surface area contributed by atoms with E-state index >= 15 is 0 Å². The lowest BCUT2D eigenvalue weighted by Crippen LogP contribution is -2.49. The second kappa shape index (κ2) is 17.8. The quantitative estimate of drug-likeness (QED) is 0.299. The van der Waals surface area contributed by atoms with Crippen LogP contribution in [0.15, 0.2) is 0 Å². The molecule has 5 nitrogen and oxygen atoms in total. The molecule has 0 radical (unpaired) electrons. The van der Waals surface area contributed by atoms with E-state index in [1.807, 2.05) is 0 Å². The molecule has 0 amide bonds. The highest BCUT2D eigenvalue weighted by atomic mass is 16.5. The molecule has 40 heavy (non-hydrogen) atoms. The molecule has 0 bridgehead atoms. The van der Waals surface area contributed by atoms with Crippen molar-refractivity contribution in [2.75, 3.05) is 39.4 Å². The van der Waals surface area contributed by atoms with Gasteiger partial charge < -0.3 is 25.4 Å². The van der Waals surface area contributed by atoms with Crippen LogP contribution in [-0.2, 0) is 9.47 Å². The molecule has 5 saturated carbocycles. The Morgan fingerprint density at radius 3 is 1.23 bits per heavy atom. The van der Waals surface area contributed by atoms with E-state index in [4.69, 9.17) is 9.47 Å². The standard InChI is InChI=1S/C10H18.C9H17N.2C8H15NO/c1-2-6-10-8-4-3-7-9(10)5-1;1-2-4-9-7-10-6-5-8(9)3-1;2*1-2-4-8-7(3-1)9-5-6-10-8/h9-10H,1-8H2;8-10H,1-7H2;2*7-9H,1-6H2. The van der Waals surface area contributed by atoms with Gasteiger partial charge in [0.15, 0.2) is 0 Å². The summed E-state index contributed by atoms with van der Waals surface area (Å²) in [6, 6.07) is 1.37. The fourth-order valence-electron chi connectivity index (χ4n) is 9.33. The summed E-state index contributed by atoms with van der Waals surface area (Å²) in [5.74, 6) is 4.45. The van der Waals surface area contributed by atoms with E-state index in [-0.39, 0.29) is 0 Å². The first-order chi connectivity index (χ1) is 19.9. The zero-order valence-electron chi connectivity index (χ0n) is 26.0. The molecule has 6 atom stereocenters. The highest BCUT2D eigenvalue weighted by Crippen LogP contribution is 2.40. The summed E-state index contributed by atoms with van der Waals surface area (Å²) < 4.78 is 11.2. The molecule has 5 aliphatic carbocycles. The molecule has 232 valence electrons. The van der Waals surface area contributed by atoms with Crippen molar-refractivity contribution in [3.05, 3.63) is 0 Å². The molecule has 3 heterocycles. The summed E-state index contributed by atoms with van der Waals surface area (Å²) in [5.41, 5.74) is 0. The van der Waals surface area contributed by atoms with Gasteiger partial charge in [0.2, 0.25) is 0 Å². The first-order valence-electron chi connectivity index (χ1n) is 18.3. The Morgan fingerprint density at radius 2 is 0.775 bits per heavy atom. The number of piperidine rings is 1. The van der Waals surface area contributed by atoms with Crippen molar-refractivity contribution in [1.29, 1.82) is 0 Å². The first kappa shape index (κ1) is 31.2. The molecule has 8 aliphatic rings. The van der Waals surface area contributed by atoms with Gasteiger partial charge in [-0.1, -0.05) is 96.3 Å². The van der Waals surface area contributed by atoms with Crippen LogP contribution in [0.3, 0.4) is 0 Å². The number of morpholine rings is 2. The lowest BCUT2D eigenvalue weighted by atomic mass is 9.71. The number of ether oxygens (including phenoxy) is 2. The largest absolute Gasteiger partial charge is 0.375 e. The maximum Gasteiger partial charge on any atom is 0.0728 e. The number of nitrogens with one attached hydrogen (secondary N) is 3. The van der Waals surface area contributed by atoms with Crippen LogP contribution in [0.25, 0.3) is 0 Å². The Kier molecular flexibility index (Phi) is 13.9. The van der Waals surface area contributed by atoms with Crippen molar-refractivity contribution in [3.63, 3.8) is 0 Å². The second-order valence-electron chi connectivity index (χ2n) is 14.4. The molecular weight excluding hydrogens is 494 g/mol. The molecule has 3 N–H and O–H groups in total. The van der Waals surface area contributed by atoms with Crippen LogP contribution in [0.1, 0.15) is 135 Å². The normalized spacial score (nSPS) is 40.8. The van der Waals surface area contributed by atoms with Gasteiger partial charge in [0, 0.05) is 25.2 Å². The Balaban J connectivity index is 0.000000108. The van der Waals surface area contributed by atoms with E-state index in [0.29, 0.717) is 24.3 Å². The number of hydrogen-bond acceptors (Lipinski definition) is 5. The topological polar surface area (TPSA) is 54.5 Å². The van der Waals surface area contributed by atoms with Gasteiger partial charge in [-0.3, -0.25) is 0 Å². The summed E-state index contributed by atoms with van der Waals surface area (Å²) in [5, 5.41) is 10.5. The number of hydrogen-bond donors (Lipinski definition) is 3. The van der Waals surface area contributed by atoms with Gasteiger partial charge in [-0.25, -0.2) is 0 Å². The van der Waals surface area contributed by atoms with Crippen molar-refractivity contribution in [2.24, 2.45) is 23.7 Å². The average molecular weight is 560 g/mol. The van der Waals surface area contributed by atoms with Crippen molar-refractivity contribution in [1.82, 2.24) is 16.0 Å². The average Bonchev–Trinajstić information content (AvgIpc) is 3.06. The maximum absolute atomic E-state index is 5.62. The van der Waals surface area contributed by atoms with E-state index in [1.165, 1.54) is 122 Å². The predicted octanol–water partition coefficient (Wildman–Crippen LogP) is 6.99. The van der Waals surface area contributed by atoms with Crippen LogP contribution in [0, 0.1) is 23.7 Å². The van der Waals surface area contributed by atoms with Gasteiger partial charge in [-0.2, -0.15) is 0 Å². The lowest BCUT2D eigenvalue weighted by Gasteiger charge is -2.36. The molecule has 3 aliphatic heterocycles. The Bertz CT molecular complexity index is 461. The maximum atomic E-state index is 5.62. The molecule has 0 aromatic heterocycles. The summed E-state index contributed by atoms with van der Waals surface area (Å²) in [6.45, 7) is 6.54. The van der Waals surface area contributed by atoms with E-state index in [0.717, 1.165) is 50.0 Å². The van der Waals surface area contributed by atoms with E-state index in [1.54, 1.807) is 25.7 Å². The van der Waals surface area contributed by atoms with Crippen molar-refractivity contribution in [2.45, 2.75) is 159 Å². The second-order valence-corrected chi connectivity index (χ2v) is 14.4. The third-order valence-electron chi connectivity index (χ3n) is 11.7. The third-order valence-corrected chi connectivity index (χ3v) is 11.7. The van der Waals surface area contributed by atoms with Gasteiger partial charge in [-0.05, 0) is 75.3 Å². The predicted molar refractivity (Wildman–Crippen MR) is 167 cm³/mol. The van der Waals surface area contributed by atoms with Crippen molar-refractivity contribution in [3.8, 4) is 0 Å². The van der Waals surface area contributed by atoms with Crippen LogP contribution in [-0.4, -0.2) is 63.7 Å². The minimum atomic E-state index is 0.544. The van der Waals surface area contributed by atoms with E-state index in [9.17, 15) is 0 Å². The minimum absolute atomic E-state index is 0.544. The highest BCUT2D eigenvalue weighted by Gasteiger charge is 2.29. The fraction of sp³-hybridized carbons (Fsp3) is 1.00. The van der Waals surface area contributed by atoms with Crippen LogP contribution in [0.5, 0.6) is 0 Å². The summed E-state index contributed by atoms with van der Waals surface area (Å²) >= 11 is 0. The molecule has 5 heteroatoms. The minimum Gasteiger partial charge on any atom is -0.375 e. The zero-order chi connectivity index (χ0) is 27.2. The highest BCUT2D eigenvalue weighted by molar-refractivity contribution is 4.85. The molecular formula is C35H65N3O2. The van der Waals surface area contributed by atoms with Gasteiger partial charge >= 0.3 is 0 Å². The van der Waals surface area contributed by atoms with E-state index < -0.39 is 0 Å². The van der Waals surface area contributed by atoms with Crippen LogP contribution < -0.4 is 16.0 Å². The van der Waals surface area contributed by atoms with Crippen LogP contribution in [0.2, 0.25) is 0 Å². The third kappa shape index (κ3) is 9.93.